The number of hydrogen-bond acceptors (Lipinski definition) is 8. The van der Waals surface area contributed by atoms with Crippen LogP contribution in [0, 0.1) is 18.6 Å². The number of nitrogens with one attached hydrogen (secondary N) is 2. The molecule has 1 fully saturated rings. The average molecular weight is 496 g/mol. The molecule has 2 N–H and O–H groups in total. The van der Waals surface area contributed by atoms with Crippen LogP contribution in [-0.2, 0) is 4.74 Å². The van der Waals surface area contributed by atoms with E-state index in [1.54, 1.807) is 24.4 Å². The van der Waals surface area contributed by atoms with Gasteiger partial charge in [-0.25, -0.2) is 28.7 Å². The van der Waals surface area contributed by atoms with Gasteiger partial charge in [0.05, 0.1) is 37.2 Å². The Kier molecular flexibility index (Phi) is 6.75. The van der Waals surface area contributed by atoms with Gasteiger partial charge in [-0.15, -0.1) is 0 Å². The van der Waals surface area contributed by atoms with Crippen molar-refractivity contribution in [3.8, 4) is 17.0 Å². The number of nitrogens with zero attached hydrogens (tertiary/aromatic N) is 5. The summed E-state index contributed by atoms with van der Waals surface area (Å²) < 4.78 is 42.7. The number of fused-ring (bicyclic) bond motifs is 1. The molecule has 36 heavy (non-hydrogen) atoms. The molecular weight excluding hydrogens is 468 g/mol. The molecular formula is C25H27F2N7O2. The summed E-state index contributed by atoms with van der Waals surface area (Å²) in [7, 11) is 0. The van der Waals surface area contributed by atoms with Crippen molar-refractivity contribution >= 4 is 22.8 Å². The van der Waals surface area contributed by atoms with Crippen LogP contribution < -0.4 is 15.4 Å². The Bertz CT molecular complexity index is 1370. The summed E-state index contributed by atoms with van der Waals surface area (Å²) in [6.07, 6.45) is 2.63. The third kappa shape index (κ3) is 4.98. The summed E-state index contributed by atoms with van der Waals surface area (Å²) in [6, 6.07) is 6.61. The smallest absolute Gasteiger partial charge is 0.229 e. The zero-order valence-corrected chi connectivity index (χ0v) is 20.3. The second kappa shape index (κ2) is 10.1. The van der Waals surface area contributed by atoms with Gasteiger partial charge in [-0.3, -0.25) is 0 Å². The van der Waals surface area contributed by atoms with Crippen molar-refractivity contribution in [2.75, 3.05) is 31.7 Å². The topological polar surface area (TPSA) is 99.0 Å². The molecule has 0 bridgehead atoms. The van der Waals surface area contributed by atoms with Crippen LogP contribution in [0.2, 0.25) is 0 Å². The molecule has 3 aromatic heterocycles. The highest BCUT2D eigenvalue weighted by atomic mass is 19.1. The molecule has 1 aliphatic heterocycles. The Morgan fingerprint density at radius 2 is 2.03 bits per heavy atom. The Balaban J connectivity index is 1.35. The lowest BCUT2D eigenvalue weighted by molar-refractivity contribution is 0.0592. The highest BCUT2D eigenvalue weighted by Crippen LogP contribution is 2.30. The van der Waals surface area contributed by atoms with Crippen molar-refractivity contribution in [2.45, 2.75) is 32.9 Å². The highest BCUT2D eigenvalue weighted by molar-refractivity contribution is 5.83. The first-order chi connectivity index (χ1) is 17.4. The van der Waals surface area contributed by atoms with Crippen LogP contribution in [0.4, 0.5) is 20.5 Å². The van der Waals surface area contributed by atoms with Crippen molar-refractivity contribution in [1.29, 1.82) is 0 Å². The second-order valence-electron chi connectivity index (χ2n) is 8.88. The molecule has 9 nitrogen and oxygen atoms in total. The predicted octanol–water partition coefficient (Wildman–Crippen LogP) is 4.17. The molecule has 0 spiro atoms. The molecule has 0 amide bonds. The molecule has 4 aromatic rings. The number of aromatic nitrogens is 5. The number of hydrogen-bond donors (Lipinski definition) is 2. The quantitative estimate of drug-likeness (QED) is 0.394. The molecule has 1 saturated heterocycles. The molecule has 0 aliphatic carbocycles. The summed E-state index contributed by atoms with van der Waals surface area (Å²) in [6.45, 7) is 8.36. The second-order valence-corrected chi connectivity index (χ2v) is 8.88. The van der Waals surface area contributed by atoms with E-state index in [1.165, 1.54) is 6.07 Å². The number of aryl methyl sites for hydroxylation is 1. The van der Waals surface area contributed by atoms with Gasteiger partial charge in [0.2, 0.25) is 5.95 Å². The fraction of sp³-hybridized carbons (Fsp3) is 0.360. The minimum atomic E-state index is -0.663. The molecule has 4 heterocycles. The maximum Gasteiger partial charge on any atom is 0.229 e. The number of halogens is 2. The van der Waals surface area contributed by atoms with Crippen LogP contribution in [0.5, 0.6) is 5.75 Å². The Morgan fingerprint density at radius 1 is 1.17 bits per heavy atom. The lowest BCUT2D eigenvalue weighted by Gasteiger charge is -2.23. The van der Waals surface area contributed by atoms with Crippen LogP contribution in [0.15, 0.2) is 36.7 Å². The largest absolute Gasteiger partial charge is 0.490 e. The number of ether oxygens (including phenoxy) is 2. The van der Waals surface area contributed by atoms with Crippen LogP contribution in [-0.4, -0.2) is 56.9 Å². The first kappa shape index (κ1) is 24.0. The summed E-state index contributed by atoms with van der Waals surface area (Å²) >= 11 is 0. The van der Waals surface area contributed by atoms with Gasteiger partial charge in [0.15, 0.2) is 11.6 Å². The summed E-state index contributed by atoms with van der Waals surface area (Å²) in [4.78, 5) is 17.0. The zero-order valence-electron chi connectivity index (χ0n) is 20.3. The van der Waals surface area contributed by atoms with Crippen molar-refractivity contribution in [3.05, 3.63) is 54.1 Å². The van der Waals surface area contributed by atoms with Crippen LogP contribution in [0.1, 0.15) is 25.7 Å². The van der Waals surface area contributed by atoms with Crippen LogP contribution in [0.25, 0.3) is 22.3 Å². The van der Waals surface area contributed by atoms with Crippen molar-refractivity contribution in [3.63, 3.8) is 0 Å². The minimum absolute atomic E-state index is 0.0235. The van der Waals surface area contributed by atoms with Gasteiger partial charge in [-0.2, -0.15) is 0 Å². The Morgan fingerprint density at radius 3 is 2.75 bits per heavy atom. The minimum Gasteiger partial charge on any atom is -0.490 e. The third-order valence-electron chi connectivity index (χ3n) is 5.88. The Hall–Kier alpha value is -3.70. The predicted molar refractivity (Wildman–Crippen MR) is 131 cm³/mol. The van der Waals surface area contributed by atoms with Gasteiger partial charge in [-0.05, 0) is 45.0 Å². The average Bonchev–Trinajstić information content (AvgIpc) is 3.22. The maximum absolute atomic E-state index is 14.9. The van der Waals surface area contributed by atoms with E-state index in [0.29, 0.717) is 48.3 Å². The summed E-state index contributed by atoms with van der Waals surface area (Å²) in [5, 5.41) is 6.28. The molecule has 1 aliphatic rings. The van der Waals surface area contributed by atoms with Crippen LogP contribution >= 0.6 is 0 Å². The van der Waals surface area contributed by atoms with Crippen LogP contribution in [0.3, 0.4) is 0 Å². The first-order valence-corrected chi connectivity index (χ1v) is 11.8. The zero-order chi connectivity index (χ0) is 25.2. The van der Waals surface area contributed by atoms with E-state index in [0.717, 1.165) is 12.7 Å². The van der Waals surface area contributed by atoms with E-state index in [-0.39, 0.29) is 29.2 Å². The van der Waals surface area contributed by atoms with Crippen molar-refractivity contribution < 1.29 is 18.3 Å². The van der Waals surface area contributed by atoms with E-state index in [2.05, 4.69) is 30.6 Å². The lowest BCUT2D eigenvalue weighted by atomic mass is 10.1. The van der Waals surface area contributed by atoms with E-state index >= 15 is 0 Å². The summed E-state index contributed by atoms with van der Waals surface area (Å²) in [5.74, 6) is 0.672. The number of rotatable bonds is 7. The first-order valence-electron chi connectivity index (χ1n) is 11.8. The normalized spacial score (nSPS) is 16.0. The summed E-state index contributed by atoms with van der Waals surface area (Å²) in [5.41, 5.74) is 1.10. The molecule has 1 aromatic carbocycles. The number of pyridine rings is 1. The van der Waals surface area contributed by atoms with Crippen molar-refractivity contribution in [1.82, 2.24) is 29.8 Å². The monoisotopic (exact) mass is 495 g/mol. The number of morpholine rings is 1. The van der Waals surface area contributed by atoms with Gasteiger partial charge in [0.1, 0.15) is 35.2 Å². The molecule has 11 heteroatoms. The molecule has 0 unspecified atom stereocenters. The highest BCUT2D eigenvalue weighted by Gasteiger charge is 2.19. The number of imidazole rings is 1. The van der Waals surface area contributed by atoms with E-state index in [1.807, 2.05) is 25.3 Å². The fourth-order valence-electron chi connectivity index (χ4n) is 4.26. The SMILES string of the molecule is Cc1nc2c(F)cc(-c3nc(Nc4ccc(OC[C@H]5COCCN5)cn4)ncc3F)cc2n1C(C)C. The number of benzene rings is 1. The third-order valence-corrected chi connectivity index (χ3v) is 5.88. The lowest BCUT2D eigenvalue weighted by Crippen LogP contribution is -2.44. The van der Waals surface area contributed by atoms with Crippen molar-refractivity contribution in [2.24, 2.45) is 0 Å². The van der Waals surface area contributed by atoms with E-state index < -0.39 is 11.6 Å². The van der Waals surface area contributed by atoms with Gasteiger partial charge in [0.25, 0.3) is 0 Å². The molecule has 5 rings (SSSR count). The molecule has 0 saturated carbocycles. The van der Waals surface area contributed by atoms with Gasteiger partial charge in [-0.1, -0.05) is 0 Å². The van der Waals surface area contributed by atoms with E-state index in [9.17, 15) is 8.78 Å². The molecule has 1 atom stereocenters. The van der Waals surface area contributed by atoms with Gasteiger partial charge < -0.3 is 24.7 Å². The standard InChI is InChI=1S/C25H27F2N7O2/c1-14(2)34-15(3)31-24-19(26)8-16(9-21(24)34)23-20(27)11-30-25(33-23)32-22-5-4-18(10-29-22)36-13-17-12-35-7-6-28-17/h4-5,8-11,14,17,28H,6-7,12-13H2,1-3H3,(H,29,30,32,33)/t17-/m1/s1. The van der Waals surface area contributed by atoms with Gasteiger partial charge >= 0.3 is 0 Å². The maximum atomic E-state index is 14.9. The molecule has 0 radical (unpaired) electrons. The van der Waals surface area contributed by atoms with Gasteiger partial charge in [0, 0.05) is 18.2 Å². The molecule has 188 valence electrons. The number of anilines is 2. The van der Waals surface area contributed by atoms with E-state index in [4.69, 9.17) is 9.47 Å². The fourth-order valence-corrected chi connectivity index (χ4v) is 4.26. The Labute approximate surface area is 206 Å².